The molecule has 0 aliphatic heterocycles. The summed E-state index contributed by atoms with van der Waals surface area (Å²) in [5.41, 5.74) is 0.633. The van der Waals surface area contributed by atoms with E-state index in [0.29, 0.717) is 23.7 Å². The highest BCUT2D eigenvalue weighted by Gasteiger charge is 2.20. The van der Waals surface area contributed by atoms with E-state index < -0.39 is 11.9 Å². The maximum atomic E-state index is 11.0. The maximum Gasteiger partial charge on any atom is 0.310 e. The van der Waals surface area contributed by atoms with E-state index >= 15 is 0 Å². The number of methoxy groups -OCH3 is 1. The van der Waals surface area contributed by atoms with E-state index in [2.05, 4.69) is 0 Å². The van der Waals surface area contributed by atoms with E-state index in [1.165, 1.54) is 7.11 Å². The van der Waals surface area contributed by atoms with Crippen LogP contribution in [0.4, 0.5) is 0 Å². The first-order chi connectivity index (χ1) is 7.61. The molecule has 0 saturated carbocycles. The number of hydrogen-bond donors (Lipinski definition) is 1. The largest absolute Gasteiger partial charge is 0.493 e. The third-order valence-corrected chi connectivity index (χ3v) is 2.35. The summed E-state index contributed by atoms with van der Waals surface area (Å²) in [4.78, 5) is 11.0. The number of aliphatic carboxylic acids is 1. The van der Waals surface area contributed by atoms with Crippen LogP contribution in [-0.4, -0.2) is 24.8 Å². The molecule has 4 heteroatoms. The average Bonchev–Trinajstić information content (AvgIpc) is 2.28. The molecular weight excluding hydrogens is 208 g/mol. The highest BCUT2D eigenvalue weighted by molar-refractivity contribution is 5.77. The highest BCUT2D eigenvalue weighted by Crippen LogP contribution is 2.35. The lowest BCUT2D eigenvalue weighted by Crippen LogP contribution is -2.10. The Bertz CT molecular complexity index is 373. The number of hydrogen-bond acceptors (Lipinski definition) is 3. The minimum Gasteiger partial charge on any atom is -0.493 e. The van der Waals surface area contributed by atoms with Gasteiger partial charge in [0.1, 0.15) is 0 Å². The molecule has 16 heavy (non-hydrogen) atoms. The van der Waals surface area contributed by atoms with Gasteiger partial charge in [-0.05, 0) is 19.9 Å². The van der Waals surface area contributed by atoms with Gasteiger partial charge in [0, 0.05) is 5.56 Å². The van der Waals surface area contributed by atoms with Crippen LogP contribution >= 0.6 is 0 Å². The van der Waals surface area contributed by atoms with Crippen molar-refractivity contribution in [3.63, 3.8) is 0 Å². The molecule has 1 aromatic carbocycles. The summed E-state index contributed by atoms with van der Waals surface area (Å²) in [6, 6.07) is 5.26. The number of rotatable bonds is 5. The van der Waals surface area contributed by atoms with Crippen molar-refractivity contribution in [3.8, 4) is 11.5 Å². The van der Waals surface area contributed by atoms with Gasteiger partial charge in [-0.25, -0.2) is 0 Å². The monoisotopic (exact) mass is 224 g/mol. The van der Waals surface area contributed by atoms with Gasteiger partial charge in [0.05, 0.1) is 19.6 Å². The van der Waals surface area contributed by atoms with E-state index in [1.54, 1.807) is 25.1 Å². The fourth-order valence-corrected chi connectivity index (χ4v) is 1.47. The van der Waals surface area contributed by atoms with Gasteiger partial charge in [-0.1, -0.05) is 12.1 Å². The highest BCUT2D eigenvalue weighted by atomic mass is 16.5. The third-order valence-electron chi connectivity index (χ3n) is 2.35. The summed E-state index contributed by atoms with van der Waals surface area (Å²) in [5, 5.41) is 9.00. The Hall–Kier alpha value is -1.71. The fourth-order valence-electron chi connectivity index (χ4n) is 1.47. The zero-order chi connectivity index (χ0) is 12.1. The molecule has 0 spiro atoms. The van der Waals surface area contributed by atoms with Crippen molar-refractivity contribution in [2.24, 2.45) is 0 Å². The lowest BCUT2D eigenvalue weighted by atomic mass is 10.00. The fraction of sp³-hybridized carbons (Fsp3) is 0.417. The first-order valence-corrected chi connectivity index (χ1v) is 5.14. The summed E-state index contributed by atoms with van der Waals surface area (Å²) in [6.45, 7) is 3.95. The molecule has 1 unspecified atom stereocenters. The molecule has 1 N–H and O–H groups in total. The van der Waals surface area contributed by atoms with E-state index in [4.69, 9.17) is 14.6 Å². The van der Waals surface area contributed by atoms with Crippen molar-refractivity contribution in [2.75, 3.05) is 13.7 Å². The number of carbonyl (C=O) groups is 1. The van der Waals surface area contributed by atoms with Crippen LogP contribution < -0.4 is 9.47 Å². The van der Waals surface area contributed by atoms with Crippen LogP contribution in [0.3, 0.4) is 0 Å². The molecule has 1 aromatic rings. The number of carboxylic acids is 1. The van der Waals surface area contributed by atoms with Crippen molar-refractivity contribution in [3.05, 3.63) is 23.8 Å². The second-order valence-corrected chi connectivity index (χ2v) is 3.37. The van der Waals surface area contributed by atoms with Crippen LogP contribution in [0.2, 0.25) is 0 Å². The first-order valence-electron chi connectivity index (χ1n) is 5.14. The molecule has 4 nitrogen and oxygen atoms in total. The van der Waals surface area contributed by atoms with Gasteiger partial charge in [-0.2, -0.15) is 0 Å². The molecule has 1 rings (SSSR count). The van der Waals surface area contributed by atoms with Crippen molar-refractivity contribution in [1.82, 2.24) is 0 Å². The van der Waals surface area contributed by atoms with Gasteiger partial charge >= 0.3 is 5.97 Å². The molecular formula is C12H16O4. The summed E-state index contributed by atoms with van der Waals surface area (Å²) in [7, 11) is 1.53. The second kappa shape index (κ2) is 5.39. The van der Waals surface area contributed by atoms with Crippen LogP contribution in [0, 0.1) is 0 Å². The molecule has 0 heterocycles. The number of para-hydroxylation sites is 1. The smallest absolute Gasteiger partial charge is 0.310 e. The Morgan fingerprint density at radius 1 is 1.50 bits per heavy atom. The van der Waals surface area contributed by atoms with Gasteiger partial charge in [-0.15, -0.1) is 0 Å². The standard InChI is InChI=1S/C12H16O4/c1-4-16-11-9(8(2)12(13)14)6-5-7-10(11)15-3/h5-8H,4H2,1-3H3,(H,13,14). The van der Waals surface area contributed by atoms with Crippen LogP contribution in [0.15, 0.2) is 18.2 Å². The molecule has 0 bridgehead atoms. The molecule has 0 saturated heterocycles. The normalized spacial score (nSPS) is 11.9. The van der Waals surface area contributed by atoms with Gasteiger partial charge in [0.25, 0.3) is 0 Å². The summed E-state index contributed by atoms with van der Waals surface area (Å²) in [5.74, 6) is -0.416. The minimum absolute atomic E-state index is 0.472. The minimum atomic E-state index is -0.880. The Labute approximate surface area is 94.8 Å². The lowest BCUT2D eigenvalue weighted by Gasteiger charge is -2.16. The SMILES string of the molecule is CCOc1c(OC)cccc1C(C)C(=O)O. The van der Waals surface area contributed by atoms with Crippen LogP contribution in [0.1, 0.15) is 25.3 Å². The molecule has 0 fully saturated rings. The van der Waals surface area contributed by atoms with Crippen molar-refractivity contribution in [1.29, 1.82) is 0 Å². The number of benzene rings is 1. The Balaban J connectivity index is 3.20. The summed E-state index contributed by atoms with van der Waals surface area (Å²) >= 11 is 0. The predicted octanol–water partition coefficient (Wildman–Crippen LogP) is 2.28. The zero-order valence-corrected chi connectivity index (χ0v) is 9.69. The topological polar surface area (TPSA) is 55.8 Å². The lowest BCUT2D eigenvalue weighted by molar-refractivity contribution is -0.138. The molecule has 88 valence electrons. The van der Waals surface area contributed by atoms with E-state index in [0.717, 1.165) is 0 Å². The summed E-state index contributed by atoms with van der Waals surface area (Å²) < 4.78 is 10.6. The van der Waals surface area contributed by atoms with E-state index in [9.17, 15) is 4.79 Å². The Morgan fingerprint density at radius 3 is 2.69 bits per heavy atom. The molecule has 0 aliphatic rings. The maximum absolute atomic E-state index is 11.0. The molecule has 0 amide bonds. The van der Waals surface area contributed by atoms with Crippen molar-refractivity contribution in [2.45, 2.75) is 19.8 Å². The average molecular weight is 224 g/mol. The van der Waals surface area contributed by atoms with E-state index in [1.807, 2.05) is 6.92 Å². The van der Waals surface area contributed by atoms with Gasteiger partial charge in [0.2, 0.25) is 0 Å². The first kappa shape index (κ1) is 12.4. The molecule has 0 aromatic heterocycles. The molecule has 0 radical (unpaired) electrons. The Kier molecular flexibility index (Phi) is 4.17. The van der Waals surface area contributed by atoms with Crippen molar-refractivity contribution >= 4 is 5.97 Å². The van der Waals surface area contributed by atoms with Crippen LogP contribution in [-0.2, 0) is 4.79 Å². The predicted molar refractivity (Wildman–Crippen MR) is 60.2 cm³/mol. The molecule has 1 atom stereocenters. The van der Waals surface area contributed by atoms with E-state index in [-0.39, 0.29) is 0 Å². The van der Waals surface area contributed by atoms with Crippen LogP contribution in [0.5, 0.6) is 11.5 Å². The third kappa shape index (κ3) is 2.45. The van der Waals surface area contributed by atoms with Gasteiger partial charge < -0.3 is 14.6 Å². The van der Waals surface area contributed by atoms with Gasteiger partial charge in [0.15, 0.2) is 11.5 Å². The van der Waals surface area contributed by atoms with Crippen LogP contribution in [0.25, 0.3) is 0 Å². The summed E-state index contributed by atoms with van der Waals surface area (Å²) in [6.07, 6.45) is 0. The zero-order valence-electron chi connectivity index (χ0n) is 9.69. The number of ether oxygens (including phenoxy) is 2. The quantitative estimate of drug-likeness (QED) is 0.833. The van der Waals surface area contributed by atoms with Gasteiger partial charge in [-0.3, -0.25) is 4.79 Å². The number of carboxylic acid groups (broad SMARTS) is 1. The van der Waals surface area contributed by atoms with Crippen molar-refractivity contribution < 1.29 is 19.4 Å². The Morgan fingerprint density at radius 2 is 2.19 bits per heavy atom. The second-order valence-electron chi connectivity index (χ2n) is 3.37. The molecule has 0 aliphatic carbocycles.